The van der Waals surface area contributed by atoms with E-state index in [9.17, 15) is 53.4 Å². The molecular weight excluding hydrogens is 704 g/mol. The van der Waals surface area contributed by atoms with E-state index in [0.29, 0.717) is 5.69 Å². The number of nitrogens with two attached hydrogens (primary N) is 1. The molecule has 0 bridgehead atoms. The Kier molecular flexibility index (Phi) is 19.1. The lowest BCUT2D eigenvalue weighted by Crippen LogP contribution is -2.59. The third-order valence-corrected chi connectivity index (χ3v) is 7.39. The number of carboxylic acid groups (broad SMARTS) is 2. The highest BCUT2D eigenvalue weighted by Crippen LogP contribution is 2.08. The molecule has 0 fully saturated rings. The summed E-state index contributed by atoms with van der Waals surface area (Å²) in [5.41, 5.74) is 5.81. The number of hydrogen-bond donors (Lipinski definition) is 12. The first kappa shape index (κ1) is 45.4. The van der Waals surface area contributed by atoms with Gasteiger partial charge in [-0.05, 0) is 25.2 Å². The van der Waals surface area contributed by atoms with Crippen LogP contribution in [0.3, 0.4) is 0 Å². The number of imidazole rings is 1. The van der Waals surface area contributed by atoms with Gasteiger partial charge in [0.05, 0.1) is 38.1 Å². The number of carboxylic acids is 2. The van der Waals surface area contributed by atoms with Crippen LogP contribution in [0.15, 0.2) is 12.5 Å². The van der Waals surface area contributed by atoms with Gasteiger partial charge in [0.2, 0.25) is 41.4 Å². The van der Waals surface area contributed by atoms with Crippen molar-refractivity contribution in [1.82, 2.24) is 47.2 Å². The summed E-state index contributed by atoms with van der Waals surface area (Å²) in [6, 6.07) is -8.38. The zero-order valence-corrected chi connectivity index (χ0v) is 30.1. The molecule has 0 unspecified atom stereocenters. The number of nitrogens with zero attached hydrogens (tertiary/aromatic N) is 1. The summed E-state index contributed by atoms with van der Waals surface area (Å²) in [6.07, 6.45) is 1.98. The molecule has 6 atom stereocenters. The predicted octanol–water partition coefficient (Wildman–Crippen LogP) is -4.79. The van der Waals surface area contributed by atoms with Crippen LogP contribution in [0.1, 0.15) is 53.2 Å². The number of aliphatic hydroxyl groups excluding tert-OH is 1. The number of aliphatic carboxylic acids is 2. The van der Waals surface area contributed by atoms with Crippen molar-refractivity contribution in [2.24, 2.45) is 17.6 Å². The topological polar surface area (TPSA) is 353 Å². The van der Waals surface area contributed by atoms with Gasteiger partial charge in [-0.3, -0.25) is 43.2 Å². The number of amides is 7. The molecule has 13 N–H and O–H groups in total. The van der Waals surface area contributed by atoms with E-state index < -0.39 is 122 Å². The first-order valence-electron chi connectivity index (χ1n) is 16.6. The van der Waals surface area contributed by atoms with Crippen LogP contribution in [-0.2, 0) is 49.6 Å². The molecule has 0 aliphatic carbocycles. The molecule has 0 saturated carbocycles. The van der Waals surface area contributed by atoms with E-state index in [2.05, 4.69) is 47.2 Å². The molecule has 1 aromatic rings. The van der Waals surface area contributed by atoms with Gasteiger partial charge in [-0.25, -0.2) is 4.98 Å². The molecule has 0 saturated heterocycles. The minimum Gasteiger partial charge on any atom is -0.481 e. The number of carbonyl (C=O) groups excluding carboxylic acids is 7. The Labute approximate surface area is 304 Å². The fourth-order valence-electron chi connectivity index (χ4n) is 4.59. The van der Waals surface area contributed by atoms with E-state index >= 15 is 0 Å². The molecule has 1 rings (SSSR count). The number of aliphatic hydroxyl groups is 1. The van der Waals surface area contributed by atoms with Crippen LogP contribution in [0.25, 0.3) is 0 Å². The Morgan fingerprint density at radius 1 is 0.736 bits per heavy atom. The standard InChI is InChI=1S/C31H50N10O12/c1-14(2)6-18(39-28(49)19(37-22(43)9-32)7-17-10-33-13-35-17)27(48)40-21(12-42)26(47)34-11-23(44)38-20(8-24(45)46)29(50)41-25(15(3)4)30(51)36-16(5)31(52)53/h10,13-16,18-21,25,42H,6-9,11-12,32H2,1-5H3,(H,33,35)(H,34,47)(H,36,51)(H,37,43)(H,38,44)(H,39,49)(H,40,48)(H,41,50)(H,45,46)(H,52,53)/t16-,18-,19-,20-,21-,25-/m0/s1. The summed E-state index contributed by atoms with van der Waals surface area (Å²) >= 11 is 0. The minimum absolute atomic E-state index is 0.0461. The molecule has 0 radical (unpaired) electrons. The largest absolute Gasteiger partial charge is 0.481 e. The van der Waals surface area contributed by atoms with E-state index in [0.717, 1.165) is 0 Å². The summed E-state index contributed by atoms with van der Waals surface area (Å²) in [7, 11) is 0. The Balaban J connectivity index is 2.96. The van der Waals surface area contributed by atoms with Gasteiger partial charge in [0.1, 0.15) is 36.3 Å². The quantitative estimate of drug-likeness (QED) is 0.0499. The van der Waals surface area contributed by atoms with Gasteiger partial charge < -0.3 is 63.3 Å². The summed E-state index contributed by atoms with van der Waals surface area (Å²) < 4.78 is 0. The normalized spacial score (nSPS) is 14.4. The van der Waals surface area contributed by atoms with Gasteiger partial charge in [0.15, 0.2) is 0 Å². The Morgan fingerprint density at radius 2 is 1.32 bits per heavy atom. The van der Waals surface area contributed by atoms with E-state index in [4.69, 9.17) is 10.8 Å². The second-order valence-electron chi connectivity index (χ2n) is 12.8. The maximum atomic E-state index is 13.3. The van der Waals surface area contributed by atoms with Crippen molar-refractivity contribution < 1.29 is 58.5 Å². The number of hydrogen-bond acceptors (Lipinski definition) is 12. The number of aromatic nitrogens is 2. The van der Waals surface area contributed by atoms with E-state index in [1.807, 2.05) is 0 Å². The van der Waals surface area contributed by atoms with Crippen molar-refractivity contribution in [3.05, 3.63) is 18.2 Å². The van der Waals surface area contributed by atoms with Crippen molar-refractivity contribution in [2.75, 3.05) is 19.7 Å². The zero-order valence-electron chi connectivity index (χ0n) is 30.1. The highest BCUT2D eigenvalue weighted by Gasteiger charge is 2.33. The first-order chi connectivity index (χ1) is 24.8. The lowest BCUT2D eigenvalue weighted by Gasteiger charge is -2.26. The van der Waals surface area contributed by atoms with E-state index in [1.165, 1.54) is 33.3 Å². The lowest BCUT2D eigenvalue weighted by molar-refractivity contribution is -0.143. The number of H-pyrrole nitrogens is 1. The molecule has 7 amide bonds. The van der Waals surface area contributed by atoms with Gasteiger partial charge >= 0.3 is 11.9 Å². The minimum atomic E-state index is -1.73. The fourth-order valence-corrected chi connectivity index (χ4v) is 4.59. The molecular formula is C31H50N10O12. The van der Waals surface area contributed by atoms with E-state index in [-0.39, 0.29) is 18.8 Å². The van der Waals surface area contributed by atoms with Crippen molar-refractivity contribution in [3.8, 4) is 0 Å². The van der Waals surface area contributed by atoms with Crippen LogP contribution in [0.5, 0.6) is 0 Å². The van der Waals surface area contributed by atoms with Crippen LogP contribution in [0, 0.1) is 11.8 Å². The first-order valence-corrected chi connectivity index (χ1v) is 16.6. The maximum Gasteiger partial charge on any atom is 0.325 e. The number of aromatic amines is 1. The number of nitrogens with one attached hydrogen (secondary N) is 8. The molecule has 53 heavy (non-hydrogen) atoms. The molecule has 0 spiro atoms. The highest BCUT2D eigenvalue weighted by atomic mass is 16.4. The molecule has 1 aromatic heterocycles. The second kappa shape index (κ2) is 22.3. The van der Waals surface area contributed by atoms with Gasteiger partial charge in [-0.2, -0.15) is 0 Å². The smallest absolute Gasteiger partial charge is 0.325 e. The summed E-state index contributed by atoms with van der Waals surface area (Å²) in [5, 5.41) is 44.3. The Hall–Kier alpha value is -5.64. The van der Waals surface area contributed by atoms with Gasteiger partial charge in [-0.1, -0.05) is 27.7 Å². The van der Waals surface area contributed by atoms with Crippen molar-refractivity contribution in [2.45, 2.75) is 90.1 Å². The van der Waals surface area contributed by atoms with Gasteiger partial charge in [-0.15, -0.1) is 0 Å². The van der Waals surface area contributed by atoms with Gasteiger partial charge in [0.25, 0.3) is 0 Å². The molecule has 0 aromatic carbocycles. The third-order valence-electron chi connectivity index (χ3n) is 7.39. The van der Waals surface area contributed by atoms with Crippen molar-refractivity contribution >= 4 is 53.3 Å². The van der Waals surface area contributed by atoms with Crippen molar-refractivity contribution in [1.29, 1.82) is 0 Å². The third kappa shape index (κ3) is 16.5. The molecule has 22 heteroatoms. The predicted molar refractivity (Wildman–Crippen MR) is 183 cm³/mol. The van der Waals surface area contributed by atoms with Crippen LogP contribution in [0.4, 0.5) is 0 Å². The average Bonchev–Trinajstić information content (AvgIpc) is 3.59. The highest BCUT2D eigenvalue weighted by molar-refractivity contribution is 5.97. The Bertz CT molecular complexity index is 1450. The molecule has 296 valence electrons. The van der Waals surface area contributed by atoms with Crippen LogP contribution in [-0.4, -0.2) is 135 Å². The van der Waals surface area contributed by atoms with Crippen LogP contribution >= 0.6 is 0 Å². The molecule has 1 heterocycles. The van der Waals surface area contributed by atoms with Crippen LogP contribution < -0.4 is 43.0 Å². The number of rotatable bonds is 23. The SMILES string of the molecule is CC(C)C[C@H](NC(=O)[C@H](Cc1c[nH]cn1)NC(=O)CN)C(=O)N[C@@H](CO)C(=O)NCC(=O)N[C@@H](CC(=O)O)C(=O)N[C@H](C(=O)N[C@@H](C)C(=O)O)C(C)C. The van der Waals surface area contributed by atoms with E-state index in [1.54, 1.807) is 13.8 Å². The summed E-state index contributed by atoms with van der Waals surface area (Å²) in [5.74, 6) is -9.92. The molecule has 22 nitrogen and oxygen atoms in total. The van der Waals surface area contributed by atoms with Gasteiger partial charge in [0, 0.05) is 12.6 Å². The summed E-state index contributed by atoms with van der Waals surface area (Å²) in [4.78, 5) is 119. The maximum absolute atomic E-state index is 13.3. The fraction of sp³-hybridized carbons (Fsp3) is 0.613. The molecule has 0 aliphatic rings. The molecule has 0 aliphatic heterocycles. The average molecular weight is 755 g/mol. The number of carbonyl (C=O) groups is 9. The van der Waals surface area contributed by atoms with Crippen LogP contribution in [0.2, 0.25) is 0 Å². The Morgan fingerprint density at radius 3 is 1.83 bits per heavy atom. The monoisotopic (exact) mass is 754 g/mol. The summed E-state index contributed by atoms with van der Waals surface area (Å²) in [6.45, 7) is 5.58. The lowest BCUT2D eigenvalue weighted by atomic mass is 10.0. The zero-order chi connectivity index (χ0) is 40.4. The second-order valence-corrected chi connectivity index (χ2v) is 12.8. The van der Waals surface area contributed by atoms with Crippen molar-refractivity contribution in [3.63, 3.8) is 0 Å².